The van der Waals surface area contributed by atoms with Gasteiger partial charge in [0.2, 0.25) is 0 Å². The Morgan fingerprint density at radius 3 is 2.61 bits per heavy atom. The molecule has 0 unspecified atom stereocenters. The maximum atomic E-state index is 13.5. The summed E-state index contributed by atoms with van der Waals surface area (Å²) >= 11 is 0. The van der Waals surface area contributed by atoms with E-state index in [1.165, 1.54) is 0 Å². The van der Waals surface area contributed by atoms with Crippen LogP contribution in [0.1, 0.15) is 85.5 Å². The summed E-state index contributed by atoms with van der Waals surface area (Å²) in [5.41, 5.74) is -0.212. The van der Waals surface area contributed by atoms with Gasteiger partial charge in [-0.3, -0.25) is 9.59 Å². The molecule has 4 aliphatic carbocycles. The number of carbonyl (C=O) groups is 2. The Labute approximate surface area is 187 Å². The molecule has 0 aromatic rings. The first kappa shape index (κ1) is 23.2. The molecule has 5 nitrogen and oxygen atoms in total. The summed E-state index contributed by atoms with van der Waals surface area (Å²) in [6.07, 6.45) is 6.34. The molecule has 0 amide bonds. The molecule has 0 heterocycles. The lowest BCUT2D eigenvalue weighted by Crippen LogP contribution is -2.61. The van der Waals surface area contributed by atoms with Crippen LogP contribution in [-0.4, -0.2) is 40.8 Å². The summed E-state index contributed by atoms with van der Waals surface area (Å²) < 4.78 is 5.11. The van der Waals surface area contributed by atoms with Crippen molar-refractivity contribution in [1.29, 1.82) is 0 Å². The van der Waals surface area contributed by atoms with Crippen LogP contribution in [0, 0.1) is 46.3 Å². The maximum absolute atomic E-state index is 13.5. The van der Waals surface area contributed by atoms with Gasteiger partial charge in [0.05, 0.1) is 18.8 Å². The number of hydrogen-bond donors (Lipinski definition) is 2. The second kappa shape index (κ2) is 8.44. The van der Waals surface area contributed by atoms with Gasteiger partial charge in [0, 0.05) is 24.2 Å². The van der Waals surface area contributed by atoms with Crippen LogP contribution in [-0.2, 0) is 14.3 Å². The first-order chi connectivity index (χ1) is 14.6. The van der Waals surface area contributed by atoms with E-state index < -0.39 is 6.10 Å². The molecule has 0 spiro atoms. The molecule has 4 saturated carbocycles. The Morgan fingerprint density at radius 2 is 1.90 bits per heavy atom. The molecular weight excluding hydrogens is 392 g/mol. The predicted molar refractivity (Wildman–Crippen MR) is 118 cm³/mol. The van der Waals surface area contributed by atoms with Crippen molar-refractivity contribution in [2.45, 2.75) is 97.7 Å². The van der Waals surface area contributed by atoms with E-state index in [2.05, 4.69) is 20.8 Å². The van der Waals surface area contributed by atoms with Crippen LogP contribution in [0.3, 0.4) is 0 Å². The minimum Gasteiger partial charge on any atom is -0.466 e. The second-order valence-corrected chi connectivity index (χ2v) is 11.7. The highest BCUT2D eigenvalue weighted by atomic mass is 16.5. The zero-order chi connectivity index (χ0) is 22.6. The van der Waals surface area contributed by atoms with Crippen molar-refractivity contribution in [3.63, 3.8) is 0 Å². The lowest BCUT2D eigenvalue weighted by Gasteiger charge is -2.61. The molecule has 176 valence electrons. The van der Waals surface area contributed by atoms with E-state index in [-0.39, 0.29) is 46.6 Å². The molecule has 2 N–H and O–H groups in total. The summed E-state index contributed by atoms with van der Waals surface area (Å²) in [7, 11) is 0. The van der Waals surface area contributed by atoms with Gasteiger partial charge in [0.1, 0.15) is 5.78 Å². The maximum Gasteiger partial charge on any atom is 0.305 e. The van der Waals surface area contributed by atoms with Crippen LogP contribution >= 0.6 is 0 Å². The smallest absolute Gasteiger partial charge is 0.305 e. The highest BCUT2D eigenvalue weighted by Gasteiger charge is 2.65. The monoisotopic (exact) mass is 434 g/mol. The van der Waals surface area contributed by atoms with Crippen molar-refractivity contribution >= 4 is 11.8 Å². The molecule has 5 heteroatoms. The molecule has 0 radical (unpaired) electrons. The van der Waals surface area contributed by atoms with Gasteiger partial charge in [0.25, 0.3) is 0 Å². The molecule has 0 saturated heterocycles. The Balaban J connectivity index is 1.55. The number of carbonyl (C=O) groups excluding carboxylic acids is 2. The normalized spacial score (nSPS) is 47.8. The molecule has 4 rings (SSSR count). The van der Waals surface area contributed by atoms with E-state index in [0.717, 1.165) is 38.5 Å². The van der Waals surface area contributed by atoms with Crippen molar-refractivity contribution in [3.8, 4) is 0 Å². The Kier molecular flexibility index (Phi) is 6.33. The summed E-state index contributed by atoms with van der Waals surface area (Å²) in [5, 5.41) is 21.8. The summed E-state index contributed by atoms with van der Waals surface area (Å²) in [6.45, 7) is 9.01. The van der Waals surface area contributed by atoms with Crippen molar-refractivity contribution < 1.29 is 24.5 Å². The van der Waals surface area contributed by atoms with Crippen LogP contribution in [0.4, 0.5) is 0 Å². The minimum atomic E-state index is -0.411. The topological polar surface area (TPSA) is 83.8 Å². The van der Waals surface area contributed by atoms with E-state index in [4.69, 9.17) is 4.74 Å². The SMILES string of the molecule is CCOC(=O)CC[C@@H](C)[C@@H]1CC[C@@H]2[C@H]3C(=O)C[C@H]4C[C@@H](O)CC[C@]4(C)[C@@H]3C[C@@H](O)[C@]21C. The molecule has 0 aliphatic heterocycles. The van der Waals surface area contributed by atoms with Gasteiger partial charge in [-0.15, -0.1) is 0 Å². The van der Waals surface area contributed by atoms with E-state index in [1.54, 1.807) is 0 Å². The molecule has 0 bridgehead atoms. The number of hydrogen-bond acceptors (Lipinski definition) is 5. The van der Waals surface area contributed by atoms with Gasteiger partial charge in [-0.05, 0) is 86.9 Å². The van der Waals surface area contributed by atoms with Gasteiger partial charge >= 0.3 is 5.97 Å². The van der Waals surface area contributed by atoms with Crippen LogP contribution in [0.5, 0.6) is 0 Å². The minimum absolute atomic E-state index is 0.0483. The van der Waals surface area contributed by atoms with E-state index in [9.17, 15) is 19.8 Å². The first-order valence-corrected chi connectivity index (χ1v) is 12.7. The molecular formula is C26H42O5. The zero-order valence-corrected chi connectivity index (χ0v) is 19.8. The largest absolute Gasteiger partial charge is 0.466 e. The standard InChI is InChI=1S/C26H42O5/c1-5-31-23(30)9-6-15(2)18-7-8-19-24-20(14-22(29)26(18,19)4)25(3)11-10-17(27)12-16(25)13-21(24)28/h15-20,22,24,27,29H,5-14H2,1-4H3/t15-,16-,17+,18+,19-,20-,22-,24-,25+,26+/m1/s1. The predicted octanol–water partition coefficient (Wildman–Crippen LogP) is 4.14. The molecule has 0 aromatic carbocycles. The van der Waals surface area contributed by atoms with Gasteiger partial charge in [-0.1, -0.05) is 20.8 Å². The van der Waals surface area contributed by atoms with Gasteiger partial charge < -0.3 is 14.9 Å². The number of rotatable bonds is 5. The first-order valence-electron chi connectivity index (χ1n) is 12.7. The third kappa shape index (κ3) is 3.68. The van der Waals surface area contributed by atoms with E-state index >= 15 is 0 Å². The highest BCUT2D eigenvalue weighted by Crippen LogP contribution is 2.67. The Morgan fingerprint density at radius 1 is 1.16 bits per heavy atom. The molecule has 4 aliphatic rings. The molecule has 4 fully saturated rings. The zero-order valence-electron chi connectivity index (χ0n) is 19.8. The fourth-order valence-corrected chi connectivity index (χ4v) is 8.62. The van der Waals surface area contributed by atoms with Crippen molar-refractivity contribution in [1.82, 2.24) is 0 Å². The summed E-state index contributed by atoms with van der Waals surface area (Å²) in [6, 6.07) is 0. The van der Waals surface area contributed by atoms with Crippen LogP contribution in [0.2, 0.25) is 0 Å². The average Bonchev–Trinajstić information content (AvgIpc) is 3.07. The third-order valence-corrected chi connectivity index (χ3v) is 10.4. The van der Waals surface area contributed by atoms with E-state index in [1.807, 2.05) is 6.92 Å². The summed E-state index contributed by atoms with van der Waals surface area (Å²) in [4.78, 5) is 25.3. The van der Waals surface area contributed by atoms with Gasteiger partial charge in [0.15, 0.2) is 0 Å². The number of fused-ring (bicyclic) bond motifs is 5. The molecule has 10 atom stereocenters. The average molecular weight is 435 g/mol. The number of ketones is 1. The Bertz CT molecular complexity index is 706. The second-order valence-electron chi connectivity index (χ2n) is 11.7. The molecule has 0 aromatic heterocycles. The van der Waals surface area contributed by atoms with Gasteiger partial charge in [-0.25, -0.2) is 0 Å². The molecule has 31 heavy (non-hydrogen) atoms. The van der Waals surface area contributed by atoms with Crippen LogP contribution in [0.25, 0.3) is 0 Å². The lowest BCUT2D eigenvalue weighted by molar-refractivity contribution is -0.182. The van der Waals surface area contributed by atoms with Crippen LogP contribution < -0.4 is 0 Å². The van der Waals surface area contributed by atoms with E-state index in [0.29, 0.717) is 43.5 Å². The van der Waals surface area contributed by atoms with Crippen molar-refractivity contribution in [2.75, 3.05) is 6.61 Å². The van der Waals surface area contributed by atoms with Gasteiger partial charge in [-0.2, -0.15) is 0 Å². The fourth-order valence-electron chi connectivity index (χ4n) is 8.62. The number of Topliss-reactive ketones (excluding diaryl/α,β-unsaturated/α-hetero) is 1. The fraction of sp³-hybridized carbons (Fsp3) is 0.923. The third-order valence-electron chi connectivity index (χ3n) is 10.4. The number of esters is 1. The number of ether oxygens (including phenoxy) is 1. The highest BCUT2D eigenvalue weighted by molar-refractivity contribution is 5.83. The number of aliphatic hydroxyl groups excluding tert-OH is 2. The van der Waals surface area contributed by atoms with Crippen LogP contribution in [0.15, 0.2) is 0 Å². The Hall–Kier alpha value is -0.940. The van der Waals surface area contributed by atoms with Crippen molar-refractivity contribution in [2.24, 2.45) is 46.3 Å². The quantitative estimate of drug-likeness (QED) is 0.636. The number of aliphatic hydroxyl groups is 2. The summed E-state index contributed by atoms with van der Waals surface area (Å²) in [5.74, 6) is 1.64. The van der Waals surface area contributed by atoms with Crippen molar-refractivity contribution in [3.05, 3.63) is 0 Å². The lowest BCUT2D eigenvalue weighted by atomic mass is 9.43.